The van der Waals surface area contributed by atoms with Crippen molar-refractivity contribution in [3.63, 3.8) is 0 Å². The molecule has 1 aliphatic heterocycles. The van der Waals surface area contributed by atoms with Crippen molar-refractivity contribution in [1.82, 2.24) is 4.90 Å². The zero-order chi connectivity index (χ0) is 18.4. The van der Waals surface area contributed by atoms with Gasteiger partial charge in [0, 0.05) is 24.7 Å². The van der Waals surface area contributed by atoms with Crippen molar-refractivity contribution in [2.75, 3.05) is 27.7 Å². The minimum atomic E-state index is 0.596. The summed E-state index contributed by atoms with van der Waals surface area (Å²) < 4.78 is 6.10. The van der Waals surface area contributed by atoms with E-state index in [9.17, 15) is 0 Å². The third kappa shape index (κ3) is 4.33. The summed E-state index contributed by atoms with van der Waals surface area (Å²) in [5.41, 5.74) is 6.07. The molecule has 0 unspecified atom stereocenters. The molecule has 0 radical (unpaired) electrons. The van der Waals surface area contributed by atoms with E-state index in [1.165, 1.54) is 22.3 Å². The highest BCUT2D eigenvalue weighted by atomic mass is 16.6. The molecule has 2 aromatic carbocycles. The van der Waals surface area contributed by atoms with Crippen LogP contribution in [0, 0.1) is 0 Å². The zero-order valence-electron chi connectivity index (χ0n) is 15.7. The van der Waals surface area contributed by atoms with Crippen LogP contribution in [0.2, 0.25) is 0 Å². The summed E-state index contributed by atoms with van der Waals surface area (Å²) in [4.78, 5) is 6.97. The van der Waals surface area contributed by atoms with Crippen LogP contribution in [-0.2, 0) is 17.9 Å². The van der Waals surface area contributed by atoms with Gasteiger partial charge in [-0.05, 0) is 54.9 Å². The Balaban J connectivity index is 2.02. The maximum absolute atomic E-state index is 6.10. The second-order valence-electron chi connectivity index (χ2n) is 6.66. The predicted octanol–water partition coefficient (Wildman–Crippen LogP) is 4.14. The first-order valence-electron chi connectivity index (χ1n) is 8.93. The second-order valence-corrected chi connectivity index (χ2v) is 6.66. The number of ether oxygens (including phenoxy) is 1. The monoisotopic (exact) mass is 350 g/mol. The van der Waals surface area contributed by atoms with Crippen molar-refractivity contribution in [3.8, 4) is 5.75 Å². The van der Waals surface area contributed by atoms with Crippen molar-refractivity contribution in [1.29, 1.82) is 0 Å². The van der Waals surface area contributed by atoms with Gasteiger partial charge in [0.15, 0.2) is 0 Å². The Labute approximate surface area is 155 Å². The zero-order valence-corrected chi connectivity index (χ0v) is 15.7. The first-order chi connectivity index (χ1) is 12.7. The van der Waals surface area contributed by atoms with E-state index >= 15 is 0 Å². The second kappa shape index (κ2) is 8.68. The summed E-state index contributed by atoms with van der Waals surface area (Å²) in [5.74, 6) is 0.935. The van der Waals surface area contributed by atoms with Crippen LogP contribution >= 0.6 is 0 Å². The summed E-state index contributed by atoms with van der Waals surface area (Å²) >= 11 is 0. The molecule has 136 valence electrons. The number of hydrogen-bond acceptors (Lipinski definition) is 4. The molecule has 3 rings (SSSR count). The van der Waals surface area contributed by atoms with E-state index in [1.54, 1.807) is 13.3 Å². The number of oxime groups is 1. The van der Waals surface area contributed by atoms with Gasteiger partial charge < -0.3 is 14.5 Å². The maximum Gasteiger partial charge on any atom is 0.127 e. The van der Waals surface area contributed by atoms with Crippen molar-refractivity contribution >= 4 is 11.8 Å². The van der Waals surface area contributed by atoms with E-state index in [0.717, 1.165) is 30.7 Å². The molecular weight excluding hydrogens is 324 g/mol. The first-order valence-corrected chi connectivity index (χ1v) is 8.93. The van der Waals surface area contributed by atoms with Crippen LogP contribution in [0.25, 0.3) is 5.57 Å². The molecule has 0 bridgehead atoms. The predicted molar refractivity (Wildman–Crippen MR) is 107 cm³/mol. The van der Waals surface area contributed by atoms with Crippen LogP contribution in [0.5, 0.6) is 5.75 Å². The van der Waals surface area contributed by atoms with Crippen LogP contribution in [0.1, 0.15) is 28.7 Å². The maximum atomic E-state index is 6.10. The molecule has 0 aliphatic carbocycles. The van der Waals surface area contributed by atoms with Crippen LogP contribution in [-0.4, -0.2) is 38.9 Å². The average Bonchev–Trinajstić information content (AvgIpc) is 2.79. The molecule has 2 aromatic rings. The van der Waals surface area contributed by atoms with E-state index in [4.69, 9.17) is 9.57 Å². The molecule has 0 spiro atoms. The topological polar surface area (TPSA) is 34.1 Å². The Kier molecular flexibility index (Phi) is 6.08. The standard InChI is InChI=1S/C22H26N2O2/c1-24(2)14-6-9-20-19-8-5-4-7-18(19)16-26-22-11-10-17(15-21(20)22)12-13-23-25-3/h4-5,7-11,13,15H,6,12,14,16H2,1-3H3/b20-9-,23-13+. The Morgan fingerprint density at radius 1 is 1.15 bits per heavy atom. The fraction of sp³-hybridized carbons (Fsp3) is 0.318. The Morgan fingerprint density at radius 3 is 2.81 bits per heavy atom. The lowest BCUT2D eigenvalue weighted by molar-refractivity contribution is 0.215. The average molecular weight is 350 g/mol. The third-order valence-electron chi connectivity index (χ3n) is 4.46. The number of rotatable bonds is 6. The molecule has 1 aliphatic rings. The molecule has 0 amide bonds. The molecule has 0 saturated heterocycles. The van der Waals surface area contributed by atoms with Gasteiger partial charge in [0.2, 0.25) is 0 Å². The van der Waals surface area contributed by atoms with Gasteiger partial charge >= 0.3 is 0 Å². The fourth-order valence-electron chi connectivity index (χ4n) is 3.15. The molecule has 0 N–H and O–H groups in total. The Morgan fingerprint density at radius 2 is 2.00 bits per heavy atom. The SMILES string of the molecule is CO/N=C/Cc1ccc2c(c1)/C(=C\CCN(C)C)c1ccccc1CO2. The highest BCUT2D eigenvalue weighted by molar-refractivity contribution is 5.85. The molecule has 1 heterocycles. The Bertz CT molecular complexity index is 810. The lowest BCUT2D eigenvalue weighted by Crippen LogP contribution is -2.12. The van der Waals surface area contributed by atoms with Gasteiger partial charge in [-0.3, -0.25) is 0 Å². The summed E-state index contributed by atoms with van der Waals surface area (Å²) in [6.45, 7) is 1.61. The van der Waals surface area contributed by atoms with Crippen LogP contribution in [0.4, 0.5) is 0 Å². The molecular formula is C22H26N2O2. The van der Waals surface area contributed by atoms with Crippen molar-refractivity contribution in [2.45, 2.75) is 19.4 Å². The molecule has 0 atom stereocenters. The van der Waals surface area contributed by atoms with E-state index in [1.807, 2.05) is 0 Å². The van der Waals surface area contributed by atoms with Crippen molar-refractivity contribution < 1.29 is 9.57 Å². The molecule has 0 aromatic heterocycles. The number of benzene rings is 2. The van der Waals surface area contributed by atoms with Gasteiger partial charge in [-0.15, -0.1) is 0 Å². The van der Waals surface area contributed by atoms with E-state index in [-0.39, 0.29) is 0 Å². The number of nitrogens with zero attached hydrogens (tertiary/aromatic N) is 2. The van der Waals surface area contributed by atoms with Crippen molar-refractivity contribution in [3.05, 3.63) is 70.8 Å². The highest BCUT2D eigenvalue weighted by Crippen LogP contribution is 2.37. The van der Waals surface area contributed by atoms with Crippen LogP contribution < -0.4 is 4.74 Å². The Hall–Kier alpha value is -2.59. The normalized spacial score (nSPS) is 14.8. The van der Waals surface area contributed by atoms with Gasteiger partial charge in [-0.1, -0.05) is 41.6 Å². The van der Waals surface area contributed by atoms with Gasteiger partial charge in [-0.25, -0.2) is 0 Å². The third-order valence-corrected chi connectivity index (χ3v) is 4.46. The molecule has 0 fully saturated rings. The number of hydrogen-bond donors (Lipinski definition) is 0. The summed E-state index contributed by atoms with van der Waals surface area (Å²) in [7, 11) is 5.76. The molecule has 26 heavy (non-hydrogen) atoms. The lowest BCUT2D eigenvalue weighted by Gasteiger charge is -2.13. The minimum Gasteiger partial charge on any atom is -0.488 e. The number of fused-ring (bicyclic) bond motifs is 2. The van der Waals surface area contributed by atoms with Gasteiger partial charge in [0.25, 0.3) is 0 Å². The van der Waals surface area contributed by atoms with Crippen LogP contribution in [0.15, 0.2) is 53.7 Å². The lowest BCUT2D eigenvalue weighted by atomic mass is 9.92. The van der Waals surface area contributed by atoms with Gasteiger partial charge in [0.1, 0.15) is 19.5 Å². The molecule has 4 heteroatoms. The largest absolute Gasteiger partial charge is 0.488 e. The van der Waals surface area contributed by atoms with Crippen LogP contribution in [0.3, 0.4) is 0 Å². The summed E-state index contributed by atoms with van der Waals surface area (Å²) in [6, 6.07) is 14.9. The summed E-state index contributed by atoms with van der Waals surface area (Å²) in [5, 5.41) is 3.85. The molecule has 4 nitrogen and oxygen atoms in total. The van der Waals surface area contributed by atoms with E-state index < -0.39 is 0 Å². The summed E-state index contributed by atoms with van der Waals surface area (Å²) in [6.07, 6.45) is 5.83. The quantitative estimate of drug-likeness (QED) is 0.580. The smallest absolute Gasteiger partial charge is 0.127 e. The van der Waals surface area contributed by atoms with E-state index in [2.05, 4.69) is 72.7 Å². The molecule has 0 saturated carbocycles. The first kappa shape index (κ1) is 18.2. The minimum absolute atomic E-state index is 0.596. The fourth-order valence-corrected chi connectivity index (χ4v) is 3.15. The van der Waals surface area contributed by atoms with Gasteiger partial charge in [-0.2, -0.15) is 0 Å². The van der Waals surface area contributed by atoms with E-state index in [0.29, 0.717) is 6.61 Å². The van der Waals surface area contributed by atoms with Gasteiger partial charge in [0.05, 0.1) is 0 Å². The van der Waals surface area contributed by atoms with Crippen molar-refractivity contribution in [2.24, 2.45) is 5.16 Å². The highest BCUT2D eigenvalue weighted by Gasteiger charge is 2.19.